The highest BCUT2D eigenvalue weighted by Gasteiger charge is 1.98. The zero-order chi connectivity index (χ0) is 10.6. The quantitative estimate of drug-likeness (QED) is 0.470. The fraction of sp³-hybridized carbons (Fsp3) is 0.900. The van der Waals surface area contributed by atoms with Crippen molar-refractivity contribution in [2.45, 2.75) is 32.6 Å². The summed E-state index contributed by atoms with van der Waals surface area (Å²) in [7, 11) is 0. The van der Waals surface area contributed by atoms with E-state index in [4.69, 9.17) is 5.11 Å². The Morgan fingerprint density at radius 1 is 1.21 bits per heavy atom. The molecule has 0 saturated carbocycles. The fourth-order valence-corrected chi connectivity index (χ4v) is 1.12. The Labute approximate surface area is 86.1 Å². The molecule has 0 saturated heterocycles. The monoisotopic (exact) mass is 202 g/mol. The molecule has 4 nitrogen and oxygen atoms in total. The van der Waals surface area contributed by atoms with Gasteiger partial charge in [0, 0.05) is 26.1 Å². The minimum atomic E-state index is 0.129. The van der Waals surface area contributed by atoms with E-state index in [9.17, 15) is 4.79 Å². The van der Waals surface area contributed by atoms with Crippen molar-refractivity contribution in [2.24, 2.45) is 0 Å². The molecular formula is C10H22N2O2. The smallest absolute Gasteiger partial charge is 0.220 e. The lowest BCUT2D eigenvalue weighted by molar-refractivity contribution is -0.121. The van der Waals surface area contributed by atoms with Crippen LogP contribution in [0.25, 0.3) is 0 Å². The molecule has 1 amide bonds. The molecule has 14 heavy (non-hydrogen) atoms. The van der Waals surface area contributed by atoms with Crippen LogP contribution in [0.15, 0.2) is 0 Å². The molecule has 0 spiro atoms. The van der Waals surface area contributed by atoms with Gasteiger partial charge in [-0.25, -0.2) is 0 Å². The van der Waals surface area contributed by atoms with Crippen molar-refractivity contribution in [1.82, 2.24) is 10.6 Å². The average molecular weight is 202 g/mol. The Bertz CT molecular complexity index is 140. The molecule has 0 aromatic carbocycles. The van der Waals surface area contributed by atoms with Gasteiger partial charge in [-0.2, -0.15) is 0 Å². The van der Waals surface area contributed by atoms with E-state index in [-0.39, 0.29) is 12.5 Å². The maximum absolute atomic E-state index is 11.2. The molecule has 0 heterocycles. The lowest BCUT2D eigenvalue weighted by atomic mass is 10.2. The number of unbranched alkanes of at least 4 members (excludes halogenated alkanes) is 2. The number of nitrogens with one attached hydrogen (secondary N) is 2. The SMILES string of the molecule is CCCCCC(=O)NCCNCCO. The molecular weight excluding hydrogens is 180 g/mol. The Balaban J connectivity index is 3.10. The maximum Gasteiger partial charge on any atom is 0.220 e. The van der Waals surface area contributed by atoms with E-state index in [1.54, 1.807) is 0 Å². The molecule has 0 unspecified atom stereocenters. The van der Waals surface area contributed by atoms with Gasteiger partial charge in [0.1, 0.15) is 0 Å². The summed E-state index contributed by atoms with van der Waals surface area (Å²) in [6.07, 6.45) is 3.88. The number of hydrogen-bond acceptors (Lipinski definition) is 3. The fourth-order valence-electron chi connectivity index (χ4n) is 1.12. The summed E-state index contributed by atoms with van der Waals surface area (Å²) in [5.41, 5.74) is 0. The minimum Gasteiger partial charge on any atom is -0.395 e. The maximum atomic E-state index is 11.2. The summed E-state index contributed by atoms with van der Waals surface area (Å²) in [5.74, 6) is 0.129. The zero-order valence-electron chi connectivity index (χ0n) is 9.01. The minimum absolute atomic E-state index is 0.129. The van der Waals surface area contributed by atoms with Crippen LogP contribution in [-0.4, -0.2) is 37.3 Å². The van der Waals surface area contributed by atoms with Gasteiger partial charge < -0.3 is 15.7 Å². The molecule has 0 bridgehead atoms. The summed E-state index contributed by atoms with van der Waals surface area (Å²) in [5, 5.41) is 14.3. The molecule has 0 atom stereocenters. The highest BCUT2D eigenvalue weighted by Crippen LogP contribution is 1.97. The van der Waals surface area contributed by atoms with E-state index in [0.29, 0.717) is 19.5 Å². The predicted octanol–water partition coefficient (Wildman–Crippen LogP) is 0.265. The van der Waals surface area contributed by atoms with E-state index >= 15 is 0 Å². The van der Waals surface area contributed by atoms with Gasteiger partial charge in [-0.3, -0.25) is 4.79 Å². The molecule has 0 aliphatic rings. The van der Waals surface area contributed by atoms with E-state index in [1.165, 1.54) is 0 Å². The highest BCUT2D eigenvalue weighted by atomic mass is 16.3. The van der Waals surface area contributed by atoms with Crippen LogP contribution in [0, 0.1) is 0 Å². The van der Waals surface area contributed by atoms with Gasteiger partial charge in [-0.15, -0.1) is 0 Å². The van der Waals surface area contributed by atoms with Crippen LogP contribution in [0.5, 0.6) is 0 Å². The van der Waals surface area contributed by atoms with Gasteiger partial charge in [0.05, 0.1) is 6.61 Å². The average Bonchev–Trinajstić information content (AvgIpc) is 2.18. The number of carbonyl (C=O) groups excluding carboxylic acids is 1. The number of hydrogen-bond donors (Lipinski definition) is 3. The Morgan fingerprint density at radius 3 is 2.64 bits per heavy atom. The van der Waals surface area contributed by atoms with Crippen LogP contribution in [0.1, 0.15) is 32.6 Å². The zero-order valence-corrected chi connectivity index (χ0v) is 9.01. The second kappa shape index (κ2) is 10.5. The van der Waals surface area contributed by atoms with Crippen molar-refractivity contribution >= 4 is 5.91 Å². The lowest BCUT2D eigenvalue weighted by Crippen LogP contribution is -2.32. The number of aliphatic hydroxyl groups excluding tert-OH is 1. The van der Waals surface area contributed by atoms with Crippen molar-refractivity contribution < 1.29 is 9.90 Å². The first-order valence-electron chi connectivity index (χ1n) is 5.39. The summed E-state index contributed by atoms with van der Waals surface area (Å²) in [6, 6.07) is 0. The first kappa shape index (κ1) is 13.4. The molecule has 3 N–H and O–H groups in total. The molecule has 0 radical (unpaired) electrons. The van der Waals surface area contributed by atoms with Crippen LogP contribution in [0.2, 0.25) is 0 Å². The first-order chi connectivity index (χ1) is 6.81. The number of carbonyl (C=O) groups is 1. The number of aliphatic hydroxyl groups is 1. The van der Waals surface area contributed by atoms with Crippen LogP contribution in [0.3, 0.4) is 0 Å². The van der Waals surface area contributed by atoms with Gasteiger partial charge in [0.25, 0.3) is 0 Å². The molecule has 4 heteroatoms. The molecule has 0 aliphatic carbocycles. The number of amides is 1. The topological polar surface area (TPSA) is 61.4 Å². The summed E-state index contributed by atoms with van der Waals surface area (Å²) in [6.45, 7) is 4.22. The first-order valence-corrected chi connectivity index (χ1v) is 5.39. The Hall–Kier alpha value is -0.610. The van der Waals surface area contributed by atoms with Gasteiger partial charge in [-0.1, -0.05) is 19.8 Å². The van der Waals surface area contributed by atoms with Gasteiger partial charge in [0.15, 0.2) is 0 Å². The van der Waals surface area contributed by atoms with Gasteiger partial charge in [0.2, 0.25) is 5.91 Å². The third-order valence-electron chi connectivity index (χ3n) is 1.92. The van der Waals surface area contributed by atoms with E-state index in [0.717, 1.165) is 25.8 Å². The highest BCUT2D eigenvalue weighted by molar-refractivity contribution is 5.75. The van der Waals surface area contributed by atoms with Gasteiger partial charge >= 0.3 is 0 Å². The third kappa shape index (κ3) is 9.48. The van der Waals surface area contributed by atoms with Crippen LogP contribution in [0.4, 0.5) is 0 Å². The summed E-state index contributed by atoms with van der Waals surface area (Å²) in [4.78, 5) is 11.2. The van der Waals surface area contributed by atoms with Crippen LogP contribution >= 0.6 is 0 Å². The summed E-state index contributed by atoms with van der Waals surface area (Å²) < 4.78 is 0. The van der Waals surface area contributed by atoms with E-state index < -0.39 is 0 Å². The Morgan fingerprint density at radius 2 is 2.00 bits per heavy atom. The van der Waals surface area contributed by atoms with Crippen LogP contribution in [-0.2, 0) is 4.79 Å². The van der Waals surface area contributed by atoms with Crippen molar-refractivity contribution in [2.75, 3.05) is 26.2 Å². The predicted molar refractivity (Wildman–Crippen MR) is 57.1 cm³/mol. The molecule has 0 rings (SSSR count). The molecule has 0 aliphatic heterocycles. The van der Waals surface area contributed by atoms with Crippen molar-refractivity contribution in [3.05, 3.63) is 0 Å². The standard InChI is InChI=1S/C10H22N2O2/c1-2-3-4-5-10(14)12-7-6-11-8-9-13/h11,13H,2-9H2,1H3,(H,12,14). The summed E-state index contributed by atoms with van der Waals surface area (Å²) >= 11 is 0. The van der Waals surface area contributed by atoms with Crippen molar-refractivity contribution in [3.8, 4) is 0 Å². The third-order valence-corrected chi connectivity index (χ3v) is 1.92. The molecule has 0 aromatic heterocycles. The van der Waals surface area contributed by atoms with Crippen molar-refractivity contribution in [3.63, 3.8) is 0 Å². The van der Waals surface area contributed by atoms with Gasteiger partial charge in [-0.05, 0) is 6.42 Å². The molecule has 0 fully saturated rings. The Kier molecular flexibility index (Phi) is 10.0. The second-order valence-corrected chi connectivity index (χ2v) is 3.28. The van der Waals surface area contributed by atoms with E-state index in [2.05, 4.69) is 17.6 Å². The van der Waals surface area contributed by atoms with E-state index in [1.807, 2.05) is 0 Å². The lowest BCUT2D eigenvalue weighted by Gasteiger charge is -2.05. The van der Waals surface area contributed by atoms with Crippen LogP contribution < -0.4 is 10.6 Å². The largest absolute Gasteiger partial charge is 0.395 e. The van der Waals surface area contributed by atoms with Crippen molar-refractivity contribution in [1.29, 1.82) is 0 Å². The second-order valence-electron chi connectivity index (χ2n) is 3.28. The number of rotatable bonds is 9. The molecule has 0 aromatic rings. The normalized spacial score (nSPS) is 10.1. The molecule has 84 valence electrons.